The number of nitrogens with zero attached hydrogens (tertiary/aromatic N) is 3. The van der Waals surface area contributed by atoms with Crippen molar-refractivity contribution in [3.05, 3.63) is 66.0 Å². The number of hydrogen-bond acceptors (Lipinski definition) is 6. The van der Waals surface area contributed by atoms with Crippen LogP contribution in [0.4, 0.5) is 17.3 Å². The highest BCUT2D eigenvalue weighted by atomic mass is 16.5. The predicted molar refractivity (Wildman–Crippen MR) is 108 cm³/mol. The second-order valence-corrected chi connectivity index (χ2v) is 6.19. The number of benzene rings is 2. The Balaban J connectivity index is 1.83. The lowest BCUT2D eigenvalue weighted by molar-refractivity contribution is 0.395. The number of methoxy groups -OCH3 is 2. The Morgan fingerprint density at radius 2 is 1.74 bits per heavy atom. The Labute approximate surface area is 159 Å². The lowest BCUT2D eigenvalue weighted by atomic mass is 10.2. The van der Waals surface area contributed by atoms with E-state index >= 15 is 0 Å². The van der Waals surface area contributed by atoms with E-state index in [0.29, 0.717) is 17.4 Å². The first kappa shape index (κ1) is 18.5. The monoisotopic (exact) mass is 364 g/mol. The van der Waals surface area contributed by atoms with Crippen LogP contribution in [0.3, 0.4) is 0 Å². The van der Waals surface area contributed by atoms with Crippen LogP contribution in [-0.2, 0) is 6.54 Å². The Bertz CT molecular complexity index is 900. The van der Waals surface area contributed by atoms with Crippen molar-refractivity contribution in [1.82, 2.24) is 9.97 Å². The minimum Gasteiger partial charge on any atom is -0.497 e. The maximum absolute atomic E-state index is 5.45. The summed E-state index contributed by atoms with van der Waals surface area (Å²) in [5, 5.41) is 3.32. The maximum Gasteiger partial charge on any atom is 0.146 e. The van der Waals surface area contributed by atoms with E-state index < -0.39 is 0 Å². The Kier molecular flexibility index (Phi) is 5.76. The van der Waals surface area contributed by atoms with Gasteiger partial charge in [-0.2, -0.15) is 0 Å². The first-order valence-corrected chi connectivity index (χ1v) is 8.69. The summed E-state index contributed by atoms with van der Waals surface area (Å²) in [5.74, 6) is 3.67. The summed E-state index contributed by atoms with van der Waals surface area (Å²) in [5.41, 5.74) is 2.04. The molecule has 0 spiro atoms. The highest BCUT2D eigenvalue weighted by molar-refractivity contribution is 5.67. The summed E-state index contributed by atoms with van der Waals surface area (Å²) in [4.78, 5) is 11.2. The molecule has 0 aliphatic rings. The molecule has 27 heavy (non-hydrogen) atoms. The van der Waals surface area contributed by atoms with Gasteiger partial charge in [0.1, 0.15) is 29.0 Å². The molecule has 3 rings (SSSR count). The second kappa shape index (κ2) is 8.40. The van der Waals surface area contributed by atoms with Crippen LogP contribution in [0.2, 0.25) is 0 Å². The van der Waals surface area contributed by atoms with Gasteiger partial charge in [0.25, 0.3) is 0 Å². The molecule has 1 heterocycles. The van der Waals surface area contributed by atoms with Crippen molar-refractivity contribution in [2.45, 2.75) is 13.5 Å². The van der Waals surface area contributed by atoms with Gasteiger partial charge in [-0.3, -0.25) is 0 Å². The number of anilines is 3. The molecule has 6 heteroatoms. The Morgan fingerprint density at radius 1 is 0.963 bits per heavy atom. The minimum absolute atomic E-state index is 0.685. The van der Waals surface area contributed by atoms with Gasteiger partial charge in [-0.15, -0.1) is 0 Å². The SMILES string of the molecule is COc1ccc(Nc2cc(N(C)Cc3ccccc3)nc(C)n2)c(OC)c1. The van der Waals surface area contributed by atoms with E-state index in [0.717, 1.165) is 23.8 Å². The molecule has 0 saturated heterocycles. The molecule has 140 valence electrons. The van der Waals surface area contributed by atoms with Gasteiger partial charge in [0.2, 0.25) is 0 Å². The molecular weight excluding hydrogens is 340 g/mol. The highest BCUT2D eigenvalue weighted by Crippen LogP contribution is 2.31. The molecule has 0 aliphatic carbocycles. The van der Waals surface area contributed by atoms with Gasteiger partial charge < -0.3 is 19.7 Å². The summed E-state index contributed by atoms with van der Waals surface area (Å²) in [6.07, 6.45) is 0. The first-order valence-electron chi connectivity index (χ1n) is 8.69. The van der Waals surface area contributed by atoms with Gasteiger partial charge >= 0.3 is 0 Å². The fourth-order valence-electron chi connectivity index (χ4n) is 2.79. The normalized spacial score (nSPS) is 10.4. The zero-order valence-electron chi connectivity index (χ0n) is 16.1. The molecule has 0 saturated carbocycles. The molecule has 0 fully saturated rings. The molecule has 0 unspecified atom stereocenters. The lowest BCUT2D eigenvalue weighted by Crippen LogP contribution is -2.18. The van der Waals surface area contributed by atoms with Gasteiger partial charge in [-0.25, -0.2) is 9.97 Å². The van der Waals surface area contributed by atoms with Crippen molar-refractivity contribution in [2.24, 2.45) is 0 Å². The van der Waals surface area contributed by atoms with Crippen molar-refractivity contribution >= 4 is 17.3 Å². The molecule has 0 radical (unpaired) electrons. The van der Waals surface area contributed by atoms with Crippen molar-refractivity contribution in [3.63, 3.8) is 0 Å². The fourth-order valence-corrected chi connectivity index (χ4v) is 2.79. The molecule has 0 aliphatic heterocycles. The Morgan fingerprint density at radius 3 is 2.44 bits per heavy atom. The van der Waals surface area contributed by atoms with Crippen LogP contribution in [0.1, 0.15) is 11.4 Å². The molecule has 0 atom stereocenters. The van der Waals surface area contributed by atoms with Crippen molar-refractivity contribution in [1.29, 1.82) is 0 Å². The van der Waals surface area contributed by atoms with E-state index in [9.17, 15) is 0 Å². The average molecular weight is 364 g/mol. The maximum atomic E-state index is 5.45. The number of aryl methyl sites for hydroxylation is 1. The number of hydrogen-bond donors (Lipinski definition) is 1. The lowest BCUT2D eigenvalue weighted by Gasteiger charge is -2.20. The van der Waals surface area contributed by atoms with E-state index in [-0.39, 0.29) is 0 Å². The van der Waals surface area contributed by atoms with Gasteiger partial charge in [-0.05, 0) is 24.6 Å². The summed E-state index contributed by atoms with van der Waals surface area (Å²) in [6.45, 7) is 2.65. The summed E-state index contributed by atoms with van der Waals surface area (Å²) in [6, 6.07) is 17.8. The van der Waals surface area contributed by atoms with Crippen LogP contribution in [0, 0.1) is 6.92 Å². The average Bonchev–Trinajstić information content (AvgIpc) is 2.68. The van der Waals surface area contributed by atoms with E-state index in [1.165, 1.54) is 5.56 Å². The summed E-state index contributed by atoms with van der Waals surface area (Å²) >= 11 is 0. The molecule has 1 N–H and O–H groups in total. The molecule has 0 bridgehead atoms. The number of rotatable bonds is 7. The zero-order chi connectivity index (χ0) is 19.2. The van der Waals surface area contributed by atoms with E-state index in [1.54, 1.807) is 14.2 Å². The predicted octanol–water partition coefficient (Wildman–Crippen LogP) is 4.18. The minimum atomic E-state index is 0.685. The smallest absolute Gasteiger partial charge is 0.146 e. The molecule has 3 aromatic rings. The third-order valence-electron chi connectivity index (χ3n) is 4.15. The van der Waals surface area contributed by atoms with Crippen LogP contribution in [-0.4, -0.2) is 31.2 Å². The molecule has 2 aromatic carbocycles. The van der Waals surface area contributed by atoms with E-state index in [1.807, 2.05) is 56.4 Å². The van der Waals surface area contributed by atoms with Crippen molar-refractivity contribution < 1.29 is 9.47 Å². The Hall–Kier alpha value is -3.28. The quantitative estimate of drug-likeness (QED) is 0.679. The molecule has 6 nitrogen and oxygen atoms in total. The molecular formula is C21H24N4O2. The van der Waals surface area contributed by atoms with Crippen LogP contribution in [0.5, 0.6) is 11.5 Å². The van der Waals surface area contributed by atoms with E-state index in [2.05, 4.69) is 32.3 Å². The number of nitrogens with one attached hydrogen (secondary N) is 1. The topological polar surface area (TPSA) is 59.5 Å². The third-order valence-corrected chi connectivity index (χ3v) is 4.15. The second-order valence-electron chi connectivity index (χ2n) is 6.19. The van der Waals surface area contributed by atoms with Crippen LogP contribution in [0.15, 0.2) is 54.6 Å². The summed E-state index contributed by atoms with van der Waals surface area (Å²) in [7, 11) is 5.28. The fraction of sp³-hybridized carbons (Fsp3) is 0.238. The summed E-state index contributed by atoms with van der Waals surface area (Å²) < 4.78 is 10.7. The van der Waals surface area contributed by atoms with Crippen molar-refractivity contribution in [3.8, 4) is 11.5 Å². The van der Waals surface area contributed by atoms with E-state index in [4.69, 9.17) is 9.47 Å². The van der Waals surface area contributed by atoms with Gasteiger partial charge in [0, 0.05) is 25.7 Å². The van der Waals surface area contributed by atoms with Gasteiger partial charge in [0.05, 0.1) is 19.9 Å². The zero-order valence-corrected chi connectivity index (χ0v) is 16.1. The highest BCUT2D eigenvalue weighted by Gasteiger charge is 2.10. The number of ether oxygens (including phenoxy) is 2. The van der Waals surface area contributed by atoms with Crippen LogP contribution < -0.4 is 19.7 Å². The molecule has 1 aromatic heterocycles. The molecule has 0 amide bonds. The van der Waals surface area contributed by atoms with Crippen LogP contribution >= 0.6 is 0 Å². The van der Waals surface area contributed by atoms with Gasteiger partial charge in [0.15, 0.2) is 0 Å². The largest absolute Gasteiger partial charge is 0.497 e. The number of aromatic nitrogens is 2. The van der Waals surface area contributed by atoms with Crippen LogP contribution in [0.25, 0.3) is 0 Å². The standard InChI is InChI=1S/C21H24N4O2/c1-15-22-20(24-18-11-10-17(26-3)12-19(18)27-4)13-21(23-15)25(2)14-16-8-6-5-7-9-16/h5-13H,14H2,1-4H3,(H,22,23,24). The van der Waals surface area contributed by atoms with Gasteiger partial charge in [-0.1, -0.05) is 30.3 Å². The van der Waals surface area contributed by atoms with Crippen molar-refractivity contribution in [2.75, 3.05) is 31.5 Å². The third kappa shape index (κ3) is 4.67. The first-order chi connectivity index (χ1) is 13.1.